The second-order valence-electron chi connectivity index (χ2n) is 8.59. The molecule has 7 nitrogen and oxygen atoms in total. The average molecular weight is 519 g/mol. The van der Waals surface area contributed by atoms with Crippen LogP contribution >= 0.6 is 11.6 Å². The molecule has 0 aliphatic rings. The molecule has 4 rings (SSSR count). The number of hydrogen-bond acceptors (Lipinski definition) is 4. The summed E-state index contributed by atoms with van der Waals surface area (Å²) in [5.74, 6) is -0.946. The Hall–Kier alpha value is -4.10. The van der Waals surface area contributed by atoms with Crippen LogP contribution in [0.3, 0.4) is 0 Å². The molecular formula is C29H27ClN2O5. The van der Waals surface area contributed by atoms with Crippen molar-refractivity contribution in [2.45, 2.75) is 39.3 Å². The van der Waals surface area contributed by atoms with Crippen LogP contribution in [0.2, 0.25) is 5.15 Å². The molecule has 0 aliphatic heterocycles. The predicted octanol–water partition coefficient (Wildman–Crippen LogP) is 6.57. The molecule has 4 aromatic rings. The maximum absolute atomic E-state index is 11.6. The quantitative estimate of drug-likeness (QED) is 0.233. The van der Waals surface area contributed by atoms with Crippen LogP contribution < -0.4 is 4.74 Å². The monoisotopic (exact) mass is 518 g/mol. The summed E-state index contributed by atoms with van der Waals surface area (Å²) in [6.45, 7) is 2.65. The fraction of sp³-hybridized carbons (Fsp3) is 0.207. The Labute approximate surface area is 219 Å². The first-order chi connectivity index (χ1) is 17.9. The van der Waals surface area contributed by atoms with Crippen LogP contribution in [0.1, 0.15) is 57.6 Å². The third-order valence-electron chi connectivity index (χ3n) is 6.10. The molecule has 0 spiro atoms. The van der Waals surface area contributed by atoms with Crippen LogP contribution in [0.5, 0.6) is 5.75 Å². The van der Waals surface area contributed by atoms with Gasteiger partial charge < -0.3 is 19.5 Å². The van der Waals surface area contributed by atoms with Gasteiger partial charge in [0, 0.05) is 13.0 Å². The fourth-order valence-electron chi connectivity index (χ4n) is 4.16. The highest BCUT2D eigenvalue weighted by atomic mass is 35.5. The van der Waals surface area contributed by atoms with Gasteiger partial charge in [-0.05, 0) is 41.3 Å². The summed E-state index contributed by atoms with van der Waals surface area (Å²) in [6, 6.07) is 21.1. The van der Waals surface area contributed by atoms with E-state index in [2.05, 4.69) is 11.9 Å². The number of hydrogen-bond donors (Lipinski definition) is 2. The molecule has 0 unspecified atom stereocenters. The Kier molecular flexibility index (Phi) is 8.25. The number of nitrogens with zero attached hydrogens (tertiary/aromatic N) is 2. The number of imidazole rings is 1. The molecule has 0 saturated carbocycles. The second-order valence-corrected chi connectivity index (χ2v) is 8.95. The van der Waals surface area contributed by atoms with Gasteiger partial charge in [-0.2, -0.15) is 0 Å². The van der Waals surface area contributed by atoms with Crippen molar-refractivity contribution in [3.05, 3.63) is 106 Å². The van der Waals surface area contributed by atoms with E-state index in [0.29, 0.717) is 23.0 Å². The lowest BCUT2D eigenvalue weighted by Gasteiger charge is -2.15. The van der Waals surface area contributed by atoms with Gasteiger partial charge in [0.05, 0.1) is 11.3 Å². The number of para-hydroxylation sites is 1. The van der Waals surface area contributed by atoms with Crippen LogP contribution in [0.4, 0.5) is 0 Å². The first-order valence-corrected chi connectivity index (χ1v) is 12.4. The summed E-state index contributed by atoms with van der Waals surface area (Å²) in [4.78, 5) is 27.8. The maximum atomic E-state index is 11.6. The van der Waals surface area contributed by atoms with Gasteiger partial charge in [-0.1, -0.05) is 79.5 Å². The summed E-state index contributed by atoms with van der Waals surface area (Å²) >= 11 is 6.53. The van der Waals surface area contributed by atoms with Crippen LogP contribution in [0.25, 0.3) is 11.1 Å². The van der Waals surface area contributed by atoms with Crippen molar-refractivity contribution in [2.24, 2.45) is 0 Å². The average Bonchev–Trinajstić information content (AvgIpc) is 3.20. The molecule has 0 radical (unpaired) electrons. The van der Waals surface area contributed by atoms with Crippen molar-refractivity contribution in [2.75, 3.05) is 0 Å². The second kappa shape index (κ2) is 11.8. The van der Waals surface area contributed by atoms with E-state index in [0.717, 1.165) is 36.2 Å². The van der Waals surface area contributed by atoms with Crippen molar-refractivity contribution < 1.29 is 24.5 Å². The van der Waals surface area contributed by atoms with Crippen LogP contribution in [0, 0.1) is 0 Å². The SMILES string of the molecule is CCCCc1nc(Cl)c(COc2ccccc2C(=O)O)n1Cc1ccc(-c2ccccc2C(=O)O)cc1. The third-order valence-corrected chi connectivity index (χ3v) is 6.40. The Morgan fingerprint density at radius 2 is 1.57 bits per heavy atom. The highest BCUT2D eigenvalue weighted by Crippen LogP contribution is 2.27. The normalized spacial score (nSPS) is 10.9. The van der Waals surface area contributed by atoms with E-state index < -0.39 is 11.9 Å². The molecule has 37 heavy (non-hydrogen) atoms. The van der Waals surface area contributed by atoms with Crippen LogP contribution in [-0.4, -0.2) is 31.7 Å². The molecule has 1 heterocycles. The van der Waals surface area contributed by atoms with Crippen molar-refractivity contribution in [3.63, 3.8) is 0 Å². The van der Waals surface area contributed by atoms with Crippen molar-refractivity contribution in [1.29, 1.82) is 0 Å². The number of aryl methyl sites for hydroxylation is 1. The van der Waals surface area contributed by atoms with Gasteiger partial charge in [0.25, 0.3) is 0 Å². The van der Waals surface area contributed by atoms with Crippen molar-refractivity contribution in [1.82, 2.24) is 9.55 Å². The minimum Gasteiger partial charge on any atom is -0.486 e. The predicted molar refractivity (Wildman–Crippen MR) is 142 cm³/mol. The van der Waals surface area contributed by atoms with Crippen LogP contribution in [-0.2, 0) is 19.6 Å². The van der Waals surface area contributed by atoms with E-state index in [9.17, 15) is 19.8 Å². The summed E-state index contributed by atoms with van der Waals surface area (Å²) in [7, 11) is 0. The largest absolute Gasteiger partial charge is 0.486 e. The minimum absolute atomic E-state index is 0.0618. The number of benzene rings is 3. The van der Waals surface area contributed by atoms with Crippen LogP contribution in [0.15, 0.2) is 72.8 Å². The number of carboxylic acids is 2. The van der Waals surface area contributed by atoms with Gasteiger partial charge in [0.1, 0.15) is 23.7 Å². The molecule has 0 saturated heterocycles. The number of carboxylic acid groups (broad SMARTS) is 2. The Bertz CT molecular complexity index is 1410. The molecule has 0 aliphatic carbocycles. The van der Waals surface area contributed by atoms with Gasteiger partial charge >= 0.3 is 11.9 Å². The topological polar surface area (TPSA) is 102 Å². The summed E-state index contributed by atoms with van der Waals surface area (Å²) in [5, 5.41) is 19.3. The molecule has 1 aromatic heterocycles. The lowest BCUT2D eigenvalue weighted by Crippen LogP contribution is -2.12. The third kappa shape index (κ3) is 6.01. The number of unbranched alkanes of at least 4 members (excludes halogenated alkanes) is 1. The first-order valence-electron chi connectivity index (χ1n) is 12.0. The van der Waals surface area contributed by atoms with Gasteiger partial charge in [0.2, 0.25) is 0 Å². The van der Waals surface area contributed by atoms with E-state index in [1.54, 1.807) is 36.4 Å². The van der Waals surface area contributed by atoms with E-state index in [-0.39, 0.29) is 23.5 Å². The highest BCUT2D eigenvalue weighted by Gasteiger charge is 2.19. The smallest absolute Gasteiger partial charge is 0.339 e. The standard InChI is InChI=1S/C29H27ClN2O5/c1-2-3-12-26-31-27(30)24(18-37-25-11-7-6-10-23(25)29(35)36)32(26)17-19-13-15-20(16-14-19)21-8-4-5-9-22(21)28(33)34/h4-11,13-16H,2-3,12,17-18H2,1H3,(H,33,34)(H,35,36). The Morgan fingerprint density at radius 3 is 2.24 bits per heavy atom. The zero-order chi connectivity index (χ0) is 26.4. The molecule has 8 heteroatoms. The lowest BCUT2D eigenvalue weighted by atomic mass is 9.99. The lowest BCUT2D eigenvalue weighted by molar-refractivity contribution is 0.0683. The van der Waals surface area contributed by atoms with E-state index in [4.69, 9.17) is 16.3 Å². The number of aromatic nitrogens is 2. The van der Waals surface area contributed by atoms with Gasteiger partial charge in [0.15, 0.2) is 5.15 Å². The number of halogens is 1. The summed E-state index contributed by atoms with van der Waals surface area (Å²) in [6.07, 6.45) is 2.69. The molecule has 2 N–H and O–H groups in total. The molecule has 0 amide bonds. The molecule has 0 atom stereocenters. The molecule has 0 bridgehead atoms. The number of aromatic carboxylic acids is 2. The number of ether oxygens (including phenoxy) is 1. The van der Waals surface area contributed by atoms with E-state index >= 15 is 0 Å². The number of carbonyl (C=O) groups is 2. The fourth-order valence-corrected chi connectivity index (χ4v) is 4.42. The molecular weight excluding hydrogens is 492 g/mol. The molecule has 190 valence electrons. The number of rotatable bonds is 11. The Balaban J connectivity index is 1.62. The van der Waals surface area contributed by atoms with E-state index in [1.807, 2.05) is 34.9 Å². The first kappa shape index (κ1) is 26.0. The highest BCUT2D eigenvalue weighted by molar-refractivity contribution is 6.30. The zero-order valence-electron chi connectivity index (χ0n) is 20.4. The summed E-state index contributed by atoms with van der Waals surface area (Å²) in [5.41, 5.74) is 3.43. The van der Waals surface area contributed by atoms with Crippen molar-refractivity contribution in [3.8, 4) is 16.9 Å². The van der Waals surface area contributed by atoms with Gasteiger partial charge in [-0.15, -0.1) is 0 Å². The minimum atomic E-state index is -1.07. The van der Waals surface area contributed by atoms with Crippen molar-refractivity contribution >= 4 is 23.5 Å². The maximum Gasteiger partial charge on any atom is 0.339 e. The van der Waals surface area contributed by atoms with E-state index in [1.165, 1.54) is 6.07 Å². The zero-order valence-corrected chi connectivity index (χ0v) is 21.1. The van der Waals surface area contributed by atoms with Gasteiger partial charge in [-0.3, -0.25) is 0 Å². The summed E-state index contributed by atoms with van der Waals surface area (Å²) < 4.78 is 7.91. The van der Waals surface area contributed by atoms with Gasteiger partial charge in [-0.25, -0.2) is 14.6 Å². The Morgan fingerprint density at radius 1 is 0.919 bits per heavy atom. The molecule has 0 fully saturated rings. The molecule has 3 aromatic carbocycles.